The molecular weight excluding hydrogens is 211 g/mol. The highest BCUT2D eigenvalue weighted by atomic mass is 19.1. The SMILES string of the molecule is O=C(O)c1cccc(N2CCCC2CF)n1. The molecule has 1 aliphatic rings. The van der Waals surface area contributed by atoms with Crippen molar-refractivity contribution < 1.29 is 14.3 Å². The number of carboxylic acid groups (broad SMARTS) is 1. The Morgan fingerprint density at radius 2 is 2.44 bits per heavy atom. The number of carbonyl (C=O) groups is 1. The first kappa shape index (κ1) is 10.9. The van der Waals surface area contributed by atoms with Gasteiger partial charge in [0.1, 0.15) is 12.5 Å². The average molecular weight is 224 g/mol. The average Bonchev–Trinajstić information content (AvgIpc) is 2.77. The van der Waals surface area contributed by atoms with Crippen LogP contribution in [0.25, 0.3) is 0 Å². The molecule has 1 unspecified atom stereocenters. The van der Waals surface area contributed by atoms with Crippen LogP contribution in [0.15, 0.2) is 18.2 Å². The zero-order valence-corrected chi connectivity index (χ0v) is 8.77. The molecule has 16 heavy (non-hydrogen) atoms. The Labute approximate surface area is 92.7 Å². The summed E-state index contributed by atoms with van der Waals surface area (Å²) in [4.78, 5) is 16.6. The van der Waals surface area contributed by atoms with Crippen LogP contribution in [0, 0.1) is 0 Å². The monoisotopic (exact) mass is 224 g/mol. The normalized spacial score (nSPS) is 20.1. The quantitative estimate of drug-likeness (QED) is 0.849. The molecule has 1 aliphatic heterocycles. The second kappa shape index (κ2) is 4.47. The number of pyridine rings is 1. The minimum Gasteiger partial charge on any atom is -0.477 e. The van der Waals surface area contributed by atoms with Crippen molar-refractivity contribution in [1.82, 2.24) is 4.98 Å². The lowest BCUT2D eigenvalue weighted by molar-refractivity contribution is 0.0690. The van der Waals surface area contributed by atoms with Crippen LogP contribution >= 0.6 is 0 Å². The van der Waals surface area contributed by atoms with Gasteiger partial charge in [-0.2, -0.15) is 0 Å². The second-order valence-corrected chi connectivity index (χ2v) is 3.83. The van der Waals surface area contributed by atoms with E-state index in [1.807, 2.05) is 4.90 Å². The van der Waals surface area contributed by atoms with Crippen molar-refractivity contribution in [2.45, 2.75) is 18.9 Å². The van der Waals surface area contributed by atoms with Crippen LogP contribution in [0.3, 0.4) is 0 Å². The first-order valence-electron chi connectivity index (χ1n) is 5.25. The number of anilines is 1. The van der Waals surface area contributed by atoms with Gasteiger partial charge in [0.25, 0.3) is 0 Å². The summed E-state index contributed by atoms with van der Waals surface area (Å²) in [7, 11) is 0. The summed E-state index contributed by atoms with van der Waals surface area (Å²) < 4.78 is 12.7. The molecule has 0 spiro atoms. The Kier molecular flexibility index (Phi) is 3.03. The summed E-state index contributed by atoms with van der Waals surface area (Å²) in [6.45, 7) is 0.323. The van der Waals surface area contributed by atoms with E-state index in [0.29, 0.717) is 5.82 Å². The molecule has 0 saturated carbocycles. The number of halogens is 1. The smallest absolute Gasteiger partial charge is 0.354 e. The van der Waals surface area contributed by atoms with Crippen molar-refractivity contribution >= 4 is 11.8 Å². The van der Waals surface area contributed by atoms with E-state index in [9.17, 15) is 9.18 Å². The zero-order chi connectivity index (χ0) is 11.5. The van der Waals surface area contributed by atoms with Crippen molar-refractivity contribution in [1.29, 1.82) is 0 Å². The molecule has 0 aromatic carbocycles. The third-order valence-electron chi connectivity index (χ3n) is 2.80. The highest BCUT2D eigenvalue weighted by molar-refractivity contribution is 5.85. The van der Waals surface area contributed by atoms with Gasteiger partial charge >= 0.3 is 5.97 Å². The second-order valence-electron chi connectivity index (χ2n) is 3.83. The van der Waals surface area contributed by atoms with Crippen molar-refractivity contribution in [3.05, 3.63) is 23.9 Å². The first-order valence-corrected chi connectivity index (χ1v) is 5.25. The number of rotatable bonds is 3. The lowest BCUT2D eigenvalue weighted by atomic mass is 10.2. The molecule has 5 heteroatoms. The van der Waals surface area contributed by atoms with Gasteiger partial charge in [-0.3, -0.25) is 0 Å². The van der Waals surface area contributed by atoms with E-state index in [1.54, 1.807) is 12.1 Å². The van der Waals surface area contributed by atoms with Crippen LogP contribution in [-0.2, 0) is 0 Å². The van der Waals surface area contributed by atoms with E-state index in [4.69, 9.17) is 5.11 Å². The van der Waals surface area contributed by atoms with Gasteiger partial charge in [-0.05, 0) is 25.0 Å². The highest BCUT2D eigenvalue weighted by Gasteiger charge is 2.25. The molecule has 1 fully saturated rings. The molecular formula is C11H13FN2O2. The zero-order valence-electron chi connectivity index (χ0n) is 8.77. The Hall–Kier alpha value is -1.65. The third kappa shape index (κ3) is 1.98. The van der Waals surface area contributed by atoms with Gasteiger partial charge in [-0.1, -0.05) is 6.07 Å². The fourth-order valence-electron chi connectivity index (χ4n) is 2.00. The molecule has 0 radical (unpaired) electrons. The van der Waals surface area contributed by atoms with E-state index in [2.05, 4.69) is 4.98 Å². The minimum absolute atomic E-state index is 0.00186. The van der Waals surface area contributed by atoms with Crippen LogP contribution < -0.4 is 4.90 Å². The molecule has 1 aromatic heterocycles. The fraction of sp³-hybridized carbons (Fsp3) is 0.455. The number of hydrogen-bond donors (Lipinski definition) is 1. The van der Waals surface area contributed by atoms with Gasteiger partial charge in [-0.15, -0.1) is 0 Å². The van der Waals surface area contributed by atoms with Crippen molar-refractivity contribution in [3.63, 3.8) is 0 Å². The molecule has 1 N–H and O–H groups in total. The lowest BCUT2D eigenvalue weighted by Crippen LogP contribution is -2.31. The molecule has 0 amide bonds. The number of aromatic carboxylic acids is 1. The van der Waals surface area contributed by atoms with Gasteiger partial charge < -0.3 is 10.0 Å². The summed E-state index contributed by atoms with van der Waals surface area (Å²) in [6, 6.07) is 4.64. The molecule has 0 bridgehead atoms. The van der Waals surface area contributed by atoms with E-state index in [-0.39, 0.29) is 11.7 Å². The number of hydrogen-bond acceptors (Lipinski definition) is 3. The van der Waals surface area contributed by atoms with Gasteiger partial charge in [-0.25, -0.2) is 14.2 Å². The van der Waals surface area contributed by atoms with Gasteiger partial charge in [0.2, 0.25) is 0 Å². The predicted octanol–water partition coefficient (Wildman–Crippen LogP) is 1.72. The topological polar surface area (TPSA) is 53.4 Å². The van der Waals surface area contributed by atoms with E-state index in [0.717, 1.165) is 19.4 Å². The lowest BCUT2D eigenvalue weighted by Gasteiger charge is -2.23. The van der Waals surface area contributed by atoms with E-state index in [1.165, 1.54) is 6.07 Å². The molecule has 1 aromatic rings. The Morgan fingerprint density at radius 3 is 3.12 bits per heavy atom. The summed E-state index contributed by atoms with van der Waals surface area (Å²) >= 11 is 0. The Morgan fingerprint density at radius 1 is 1.62 bits per heavy atom. The summed E-state index contributed by atoms with van der Waals surface area (Å²) in [5, 5.41) is 8.82. The third-order valence-corrected chi connectivity index (χ3v) is 2.80. The maximum Gasteiger partial charge on any atom is 0.354 e. The van der Waals surface area contributed by atoms with Gasteiger partial charge in [0, 0.05) is 6.54 Å². The predicted molar refractivity (Wildman–Crippen MR) is 57.5 cm³/mol. The van der Waals surface area contributed by atoms with Gasteiger partial charge in [0.05, 0.1) is 6.04 Å². The molecule has 2 rings (SSSR count). The molecule has 86 valence electrons. The minimum atomic E-state index is -1.06. The standard InChI is InChI=1S/C11H13FN2O2/c12-7-8-3-2-6-14(8)10-5-1-4-9(13-10)11(15)16/h1,4-5,8H,2-3,6-7H2,(H,15,16). The molecule has 4 nitrogen and oxygen atoms in total. The largest absolute Gasteiger partial charge is 0.477 e. The number of nitrogens with zero attached hydrogens (tertiary/aromatic N) is 2. The Balaban J connectivity index is 2.26. The van der Waals surface area contributed by atoms with Crippen molar-refractivity contribution in [2.24, 2.45) is 0 Å². The maximum atomic E-state index is 12.7. The molecule has 1 atom stereocenters. The number of carboxylic acids is 1. The highest BCUT2D eigenvalue weighted by Crippen LogP contribution is 2.24. The summed E-state index contributed by atoms with van der Waals surface area (Å²) in [5.74, 6) is -0.502. The molecule has 2 heterocycles. The first-order chi connectivity index (χ1) is 7.72. The maximum absolute atomic E-state index is 12.7. The van der Waals surface area contributed by atoms with Gasteiger partial charge in [0.15, 0.2) is 5.69 Å². The summed E-state index contributed by atoms with van der Waals surface area (Å²) in [5.41, 5.74) is 0.00186. The van der Waals surface area contributed by atoms with Crippen LogP contribution in [0.2, 0.25) is 0 Å². The van der Waals surface area contributed by atoms with Crippen LogP contribution in [0.4, 0.5) is 10.2 Å². The van der Waals surface area contributed by atoms with Crippen molar-refractivity contribution in [3.8, 4) is 0 Å². The van der Waals surface area contributed by atoms with Crippen LogP contribution in [0.1, 0.15) is 23.3 Å². The molecule has 0 aliphatic carbocycles. The van der Waals surface area contributed by atoms with E-state index >= 15 is 0 Å². The fourth-order valence-corrected chi connectivity index (χ4v) is 2.00. The Bertz CT molecular complexity index is 397. The van der Waals surface area contributed by atoms with Crippen LogP contribution in [0.5, 0.6) is 0 Å². The number of aromatic nitrogens is 1. The van der Waals surface area contributed by atoms with Crippen LogP contribution in [-0.4, -0.2) is 35.3 Å². The summed E-state index contributed by atoms with van der Waals surface area (Å²) in [6.07, 6.45) is 1.73. The molecule has 1 saturated heterocycles. The number of alkyl halides is 1. The van der Waals surface area contributed by atoms with Crippen molar-refractivity contribution in [2.75, 3.05) is 18.1 Å². The van der Waals surface area contributed by atoms with E-state index < -0.39 is 12.6 Å².